The number of benzene rings is 2. The SMILES string of the molecule is COc1cc([C@H]2Nc3ccccc3C(=O)N2C[C@H]2CCCO2)c([N+](=O)[O-])cc1OC(F)F. The van der Waals surface area contributed by atoms with Crippen molar-refractivity contribution in [3.63, 3.8) is 0 Å². The number of amides is 1. The van der Waals surface area contributed by atoms with E-state index in [1.807, 2.05) is 0 Å². The van der Waals surface area contributed by atoms with Gasteiger partial charge in [-0.05, 0) is 31.0 Å². The molecule has 170 valence electrons. The summed E-state index contributed by atoms with van der Waals surface area (Å²) in [6.45, 7) is -2.40. The fourth-order valence-corrected chi connectivity index (χ4v) is 4.02. The Kier molecular flexibility index (Phi) is 6.08. The normalized spacial score (nSPS) is 20.1. The number of rotatable bonds is 7. The number of carbonyl (C=O) groups is 1. The molecule has 0 spiro atoms. The van der Waals surface area contributed by atoms with Crippen molar-refractivity contribution in [3.05, 3.63) is 57.6 Å². The Hall–Kier alpha value is -3.47. The van der Waals surface area contributed by atoms with Gasteiger partial charge in [0.2, 0.25) is 0 Å². The molecule has 2 aromatic carbocycles. The molecule has 1 N–H and O–H groups in total. The molecule has 2 aliphatic rings. The standard InChI is InChI=1S/C21H21F2N3O6/c1-30-17-9-14(16(26(28)29)10-18(17)32-21(22)23)19-24-15-7-3-2-6-13(15)20(27)25(19)11-12-5-4-8-31-12/h2-3,6-7,9-10,12,19,21,24H,4-5,8,11H2,1H3/t12-,19+/m1/s1. The molecule has 0 unspecified atom stereocenters. The molecule has 1 amide bonds. The van der Waals surface area contributed by atoms with E-state index in [1.165, 1.54) is 18.1 Å². The highest BCUT2D eigenvalue weighted by Crippen LogP contribution is 2.42. The predicted octanol–water partition coefficient (Wildman–Crippen LogP) is 3.95. The van der Waals surface area contributed by atoms with E-state index in [1.54, 1.807) is 24.3 Å². The lowest BCUT2D eigenvalue weighted by Gasteiger charge is -2.39. The third-order valence-electron chi connectivity index (χ3n) is 5.47. The van der Waals surface area contributed by atoms with Gasteiger partial charge in [-0.25, -0.2) is 0 Å². The van der Waals surface area contributed by atoms with Gasteiger partial charge in [0.25, 0.3) is 11.6 Å². The van der Waals surface area contributed by atoms with E-state index in [9.17, 15) is 23.7 Å². The van der Waals surface area contributed by atoms with Crippen molar-refractivity contribution < 1.29 is 32.7 Å². The van der Waals surface area contributed by atoms with Crippen molar-refractivity contribution in [1.29, 1.82) is 0 Å². The lowest BCUT2D eigenvalue weighted by Crippen LogP contribution is -2.46. The Labute approximate surface area is 182 Å². The van der Waals surface area contributed by atoms with Gasteiger partial charge in [0.05, 0.1) is 35.3 Å². The van der Waals surface area contributed by atoms with Gasteiger partial charge in [-0.3, -0.25) is 14.9 Å². The third kappa shape index (κ3) is 4.15. The zero-order valence-corrected chi connectivity index (χ0v) is 17.1. The van der Waals surface area contributed by atoms with Crippen LogP contribution in [0.5, 0.6) is 11.5 Å². The highest BCUT2D eigenvalue weighted by atomic mass is 19.3. The Bertz CT molecular complexity index is 1030. The molecule has 0 aliphatic carbocycles. The van der Waals surface area contributed by atoms with Gasteiger partial charge < -0.3 is 24.4 Å². The molecule has 1 fully saturated rings. The van der Waals surface area contributed by atoms with Crippen molar-refractivity contribution >= 4 is 17.3 Å². The molecule has 32 heavy (non-hydrogen) atoms. The van der Waals surface area contributed by atoms with Crippen LogP contribution in [0.25, 0.3) is 0 Å². The summed E-state index contributed by atoms with van der Waals surface area (Å²) in [5, 5.41) is 15.0. The number of methoxy groups -OCH3 is 1. The molecular formula is C21H21F2N3O6. The molecule has 2 aliphatic heterocycles. The Morgan fingerprint density at radius 3 is 2.75 bits per heavy atom. The summed E-state index contributed by atoms with van der Waals surface area (Å²) in [7, 11) is 1.24. The molecule has 11 heteroatoms. The number of nitrogens with zero attached hydrogens (tertiary/aromatic N) is 2. The van der Waals surface area contributed by atoms with Gasteiger partial charge in [-0.15, -0.1) is 0 Å². The number of nitro groups is 1. The molecule has 0 bridgehead atoms. The van der Waals surface area contributed by atoms with E-state index in [0.29, 0.717) is 17.9 Å². The van der Waals surface area contributed by atoms with Crippen LogP contribution in [0.2, 0.25) is 0 Å². The second kappa shape index (κ2) is 8.95. The second-order valence-electron chi connectivity index (χ2n) is 7.38. The fraction of sp³-hybridized carbons (Fsp3) is 0.381. The maximum atomic E-state index is 13.3. The lowest BCUT2D eigenvalue weighted by atomic mass is 10.0. The maximum absolute atomic E-state index is 13.3. The summed E-state index contributed by atoms with van der Waals surface area (Å²) >= 11 is 0. The molecule has 9 nitrogen and oxygen atoms in total. The van der Waals surface area contributed by atoms with Crippen LogP contribution in [-0.4, -0.2) is 48.7 Å². The smallest absolute Gasteiger partial charge is 0.387 e. The van der Waals surface area contributed by atoms with Gasteiger partial charge >= 0.3 is 6.61 Å². The molecule has 2 aromatic rings. The van der Waals surface area contributed by atoms with Gasteiger partial charge in [0.1, 0.15) is 6.17 Å². The minimum absolute atomic E-state index is 0.0781. The lowest BCUT2D eigenvalue weighted by molar-refractivity contribution is -0.386. The Morgan fingerprint density at radius 2 is 2.09 bits per heavy atom. The summed E-state index contributed by atoms with van der Waals surface area (Å²) in [4.78, 5) is 25.9. The first kappa shape index (κ1) is 21.8. The van der Waals surface area contributed by atoms with Crippen LogP contribution in [-0.2, 0) is 4.74 Å². The molecule has 2 atom stereocenters. The quantitative estimate of drug-likeness (QED) is 0.504. The topological polar surface area (TPSA) is 103 Å². The van der Waals surface area contributed by atoms with Crippen LogP contribution in [0.15, 0.2) is 36.4 Å². The summed E-state index contributed by atoms with van der Waals surface area (Å²) in [5.74, 6) is -0.900. The summed E-state index contributed by atoms with van der Waals surface area (Å²) in [6, 6.07) is 8.96. The molecule has 1 saturated heterocycles. The first-order chi connectivity index (χ1) is 15.4. The minimum Gasteiger partial charge on any atom is -0.493 e. The number of nitrogens with one attached hydrogen (secondary N) is 1. The van der Waals surface area contributed by atoms with E-state index in [0.717, 1.165) is 18.9 Å². The zero-order valence-electron chi connectivity index (χ0n) is 17.1. The van der Waals surface area contributed by atoms with Gasteiger partial charge in [0, 0.05) is 18.8 Å². The number of nitro benzene ring substituents is 1. The van der Waals surface area contributed by atoms with E-state index < -0.39 is 29.1 Å². The number of hydrogen-bond acceptors (Lipinski definition) is 7. The van der Waals surface area contributed by atoms with E-state index in [4.69, 9.17) is 9.47 Å². The first-order valence-electron chi connectivity index (χ1n) is 9.98. The van der Waals surface area contributed by atoms with Crippen molar-refractivity contribution in [2.75, 3.05) is 25.6 Å². The van der Waals surface area contributed by atoms with Crippen LogP contribution in [0.3, 0.4) is 0 Å². The van der Waals surface area contributed by atoms with Crippen molar-refractivity contribution in [1.82, 2.24) is 4.90 Å². The zero-order chi connectivity index (χ0) is 22.8. The van der Waals surface area contributed by atoms with Crippen molar-refractivity contribution in [3.8, 4) is 11.5 Å². The number of para-hydroxylation sites is 1. The number of carbonyl (C=O) groups excluding carboxylic acids is 1. The van der Waals surface area contributed by atoms with E-state index in [2.05, 4.69) is 10.1 Å². The van der Waals surface area contributed by atoms with E-state index in [-0.39, 0.29) is 29.9 Å². The van der Waals surface area contributed by atoms with Crippen LogP contribution in [0, 0.1) is 10.1 Å². The highest BCUT2D eigenvalue weighted by Gasteiger charge is 2.39. The molecular weight excluding hydrogens is 428 g/mol. The van der Waals surface area contributed by atoms with Crippen LogP contribution >= 0.6 is 0 Å². The number of hydrogen-bond donors (Lipinski definition) is 1. The average Bonchev–Trinajstić information content (AvgIpc) is 3.28. The third-order valence-corrected chi connectivity index (χ3v) is 5.47. The van der Waals surface area contributed by atoms with Crippen molar-refractivity contribution in [2.45, 2.75) is 31.7 Å². The molecule has 4 rings (SSSR count). The van der Waals surface area contributed by atoms with Gasteiger partial charge in [0.15, 0.2) is 11.5 Å². The highest BCUT2D eigenvalue weighted by molar-refractivity contribution is 6.01. The van der Waals surface area contributed by atoms with Gasteiger partial charge in [-0.2, -0.15) is 8.78 Å². The Morgan fingerprint density at radius 1 is 1.31 bits per heavy atom. The first-order valence-corrected chi connectivity index (χ1v) is 9.98. The fourth-order valence-electron chi connectivity index (χ4n) is 4.02. The maximum Gasteiger partial charge on any atom is 0.387 e. The van der Waals surface area contributed by atoms with Gasteiger partial charge in [-0.1, -0.05) is 12.1 Å². The largest absolute Gasteiger partial charge is 0.493 e. The average molecular weight is 449 g/mol. The molecule has 0 saturated carbocycles. The van der Waals surface area contributed by atoms with Crippen LogP contribution in [0.4, 0.5) is 20.2 Å². The van der Waals surface area contributed by atoms with Crippen LogP contribution < -0.4 is 14.8 Å². The number of halogens is 2. The van der Waals surface area contributed by atoms with Crippen LogP contribution in [0.1, 0.15) is 34.9 Å². The minimum atomic E-state index is -3.19. The predicted molar refractivity (Wildman–Crippen MR) is 109 cm³/mol. The summed E-state index contributed by atoms with van der Waals surface area (Å²) < 4.78 is 40.8. The molecule has 2 heterocycles. The number of ether oxygens (including phenoxy) is 3. The molecule has 0 aromatic heterocycles. The number of fused-ring (bicyclic) bond motifs is 1. The monoisotopic (exact) mass is 449 g/mol. The molecule has 0 radical (unpaired) electrons. The van der Waals surface area contributed by atoms with E-state index >= 15 is 0 Å². The summed E-state index contributed by atoms with van der Waals surface area (Å²) in [5.41, 5.74) is 0.527. The number of anilines is 1. The van der Waals surface area contributed by atoms with Crippen molar-refractivity contribution in [2.24, 2.45) is 0 Å². The second-order valence-corrected chi connectivity index (χ2v) is 7.38. The Balaban J connectivity index is 1.82. The number of alkyl halides is 2. The summed E-state index contributed by atoms with van der Waals surface area (Å²) in [6.07, 6.45) is 0.451.